The number of aromatic nitrogens is 1. The molecule has 1 saturated carbocycles. The molecule has 1 amide bonds. The third-order valence-corrected chi connectivity index (χ3v) is 3.96. The van der Waals surface area contributed by atoms with Crippen LogP contribution in [0, 0.1) is 12.3 Å². The lowest BCUT2D eigenvalue weighted by Crippen LogP contribution is -2.46. The largest absolute Gasteiger partial charge is 0.388 e. The molecule has 106 valence electrons. The monoisotopic (exact) mass is 266 g/mol. The van der Waals surface area contributed by atoms with Crippen molar-refractivity contribution in [3.8, 4) is 0 Å². The van der Waals surface area contributed by atoms with Crippen molar-refractivity contribution in [1.29, 1.82) is 0 Å². The fourth-order valence-corrected chi connectivity index (χ4v) is 2.37. The molecule has 5 heteroatoms. The molecule has 0 saturated heterocycles. The van der Waals surface area contributed by atoms with E-state index in [1.165, 1.54) is 0 Å². The van der Waals surface area contributed by atoms with Crippen molar-refractivity contribution < 1.29 is 14.4 Å². The molecule has 1 aliphatic carbocycles. The molecule has 0 bridgehead atoms. The van der Waals surface area contributed by atoms with Gasteiger partial charge in [-0.15, -0.1) is 0 Å². The molecule has 0 radical (unpaired) electrons. The van der Waals surface area contributed by atoms with Gasteiger partial charge in [0.2, 0.25) is 5.76 Å². The van der Waals surface area contributed by atoms with E-state index >= 15 is 0 Å². The van der Waals surface area contributed by atoms with Crippen molar-refractivity contribution in [2.24, 2.45) is 5.41 Å². The minimum absolute atomic E-state index is 0.192. The van der Waals surface area contributed by atoms with E-state index in [9.17, 15) is 9.90 Å². The molecular weight excluding hydrogens is 244 g/mol. The summed E-state index contributed by atoms with van der Waals surface area (Å²) in [7, 11) is 0. The number of nitrogens with one attached hydrogen (secondary N) is 1. The van der Waals surface area contributed by atoms with Crippen LogP contribution in [0.3, 0.4) is 0 Å². The van der Waals surface area contributed by atoms with Crippen LogP contribution in [0.5, 0.6) is 0 Å². The van der Waals surface area contributed by atoms with Gasteiger partial charge in [0.1, 0.15) is 0 Å². The molecule has 1 heterocycles. The zero-order valence-corrected chi connectivity index (χ0v) is 11.8. The predicted molar refractivity (Wildman–Crippen MR) is 70.8 cm³/mol. The molecule has 1 aromatic heterocycles. The first-order chi connectivity index (χ1) is 8.80. The van der Waals surface area contributed by atoms with E-state index in [4.69, 9.17) is 4.52 Å². The zero-order chi connectivity index (χ0) is 14.1. The number of hydrogen-bond acceptors (Lipinski definition) is 4. The SMILES string of the molecule is Cc1cc(C(=O)NCC2(O)CCC(C)(C)CC2)on1. The summed E-state index contributed by atoms with van der Waals surface area (Å²) < 4.78 is 4.89. The van der Waals surface area contributed by atoms with Crippen LogP contribution in [-0.2, 0) is 0 Å². The molecule has 1 aliphatic rings. The van der Waals surface area contributed by atoms with E-state index in [2.05, 4.69) is 24.3 Å². The molecule has 1 aromatic rings. The van der Waals surface area contributed by atoms with Crippen LogP contribution in [0.25, 0.3) is 0 Å². The molecule has 5 nitrogen and oxygen atoms in total. The van der Waals surface area contributed by atoms with Gasteiger partial charge in [-0.2, -0.15) is 0 Å². The van der Waals surface area contributed by atoms with Gasteiger partial charge in [0.15, 0.2) is 0 Å². The van der Waals surface area contributed by atoms with Gasteiger partial charge < -0.3 is 14.9 Å². The average molecular weight is 266 g/mol. The number of rotatable bonds is 3. The maximum atomic E-state index is 11.8. The van der Waals surface area contributed by atoms with Gasteiger partial charge in [-0.1, -0.05) is 19.0 Å². The number of nitrogens with zero attached hydrogens (tertiary/aromatic N) is 1. The minimum atomic E-state index is -0.791. The molecular formula is C14H22N2O3. The first-order valence-corrected chi connectivity index (χ1v) is 6.74. The van der Waals surface area contributed by atoms with E-state index in [-0.39, 0.29) is 23.6 Å². The van der Waals surface area contributed by atoms with Crippen molar-refractivity contribution in [2.45, 2.75) is 52.1 Å². The van der Waals surface area contributed by atoms with Gasteiger partial charge in [0, 0.05) is 12.6 Å². The van der Waals surface area contributed by atoms with Crippen molar-refractivity contribution >= 4 is 5.91 Å². The average Bonchev–Trinajstić information content (AvgIpc) is 2.78. The highest BCUT2D eigenvalue weighted by Gasteiger charge is 2.36. The van der Waals surface area contributed by atoms with Gasteiger partial charge in [-0.25, -0.2) is 0 Å². The lowest BCUT2D eigenvalue weighted by molar-refractivity contribution is -0.0234. The Morgan fingerprint density at radius 3 is 2.58 bits per heavy atom. The highest BCUT2D eigenvalue weighted by atomic mass is 16.5. The number of carbonyl (C=O) groups excluding carboxylic acids is 1. The summed E-state index contributed by atoms with van der Waals surface area (Å²) in [5, 5.41) is 16.8. The summed E-state index contributed by atoms with van der Waals surface area (Å²) in [5.41, 5.74) is 0.168. The number of carbonyl (C=O) groups is 1. The molecule has 0 spiro atoms. The summed E-state index contributed by atoms with van der Waals surface area (Å²) in [4.78, 5) is 11.8. The molecule has 1 fully saturated rings. The van der Waals surface area contributed by atoms with Crippen LogP contribution in [0.15, 0.2) is 10.6 Å². The maximum Gasteiger partial charge on any atom is 0.290 e. The predicted octanol–water partition coefficient (Wildman–Crippen LogP) is 2.04. The first-order valence-electron chi connectivity index (χ1n) is 6.74. The first kappa shape index (κ1) is 14.1. The maximum absolute atomic E-state index is 11.8. The van der Waals surface area contributed by atoms with Gasteiger partial charge in [-0.05, 0) is 38.0 Å². The summed E-state index contributed by atoms with van der Waals surface area (Å²) in [6, 6.07) is 1.59. The topological polar surface area (TPSA) is 75.4 Å². The Labute approximate surface area is 113 Å². The van der Waals surface area contributed by atoms with Gasteiger partial charge in [0.05, 0.1) is 11.3 Å². The second kappa shape index (κ2) is 4.96. The van der Waals surface area contributed by atoms with E-state index < -0.39 is 5.60 Å². The molecule has 2 rings (SSSR count). The lowest BCUT2D eigenvalue weighted by Gasteiger charge is -2.40. The van der Waals surface area contributed by atoms with Gasteiger partial charge >= 0.3 is 0 Å². The lowest BCUT2D eigenvalue weighted by atomic mass is 9.71. The number of aliphatic hydroxyl groups is 1. The van der Waals surface area contributed by atoms with Crippen LogP contribution in [-0.4, -0.2) is 28.3 Å². The fourth-order valence-electron chi connectivity index (χ4n) is 2.37. The summed E-state index contributed by atoms with van der Waals surface area (Å²) >= 11 is 0. The second-order valence-electron chi connectivity index (χ2n) is 6.40. The van der Waals surface area contributed by atoms with Crippen LogP contribution in [0.1, 0.15) is 55.8 Å². The third kappa shape index (κ3) is 3.56. The van der Waals surface area contributed by atoms with Gasteiger partial charge in [-0.3, -0.25) is 4.79 Å². The molecule has 19 heavy (non-hydrogen) atoms. The number of amides is 1. The van der Waals surface area contributed by atoms with E-state index in [0.717, 1.165) is 25.7 Å². The van der Waals surface area contributed by atoms with Crippen molar-refractivity contribution in [1.82, 2.24) is 10.5 Å². The van der Waals surface area contributed by atoms with E-state index in [1.807, 2.05) is 0 Å². The molecule has 0 aromatic carbocycles. The number of hydrogen-bond donors (Lipinski definition) is 2. The zero-order valence-electron chi connectivity index (χ0n) is 11.8. The quantitative estimate of drug-likeness (QED) is 0.878. The minimum Gasteiger partial charge on any atom is -0.388 e. The van der Waals surface area contributed by atoms with E-state index in [0.29, 0.717) is 5.69 Å². The Kier molecular flexibility index (Phi) is 3.67. The van der Waals surface area contributed by atoms with Crippen LogP contribution < -0.4 is 5.32 Å². The second-order valence-corrected chi connectivity index (χ2v) is 6.40. The van der Waals surface area contributed by atoms with E-state index in [1.54, 1.807) is 13.0 Å². The normalized spacial score (nSPS) is 21.1. The smallest absolute Gasteiger partial charge is 0.290 e. The Bertz CT molecular complexity index is 455. The summed E-state index contributed by atoms with van der Waals surface area (Å²) in [5.74, 6) is -0.129. The van der Waals surface area contributed by atoms with Crippen LogP contribution in [0.4, 0.5) is 0 Å². The number of aryl methyl sites for hydroxylation is 1. The molecule has 0 aliphatic heterocycles. The summed E-state index contributed by atoms with van der Waals surface area (Å²) in [6.07, 6.45) is 3.38. The highest BCUT2D eigenvalue weighted by Crippen LogP contribution is 2.39. The summed E-state index contributed by atoms with van der Waals surface area (Å²) in [6.45, 7) is 6.45. The standard InChI is InChI=1S/C14H22N2O3/c1-10-8-11(19-16-10)12(17)15-9-14(18)6-4-13(2,3)5-7-14/h8,18H,4-7,9H2,1-3H3,(H,15,17). The van der Waals surface area contributed by atoms with Crippen LogP contribution >= 0.6 is 0 Å². The Morgan fingerprint density at radius 2 is 2.05 bits per heavy atom. The molecule has 2 N–H and O–H groups in total. The van der Waals surface area contributed by atoms with Crippen molar-refractivity contribution in [3.05, 3.63) is 17.5 Å². The Hall–Kier alpha value is -1.36. The Balaban J connectivity index is 1.87. The fraction of sp³-hybridized carbons (Fsp3) is 0.714. The van der Waals surface area contributed by atoms with Crippen molar-refractivity contribution in [2.75, 3.05) is 6.54 Å². The van der Waals surface area contributed by atoms with Gasteiger partial charge in [0.25, 0.3) is 5.91 Å². The highest BCUT2D eigenvalue weighted by molar-refractivity contribution is 5.91. The van der Waals surface area contributed by atoms with Crippen molar-refractivity contribution in [3.63, 3.8) is 0 Å². The molecule has 0 unspecified atom stereocenters. The Morgan fingerprint density at radius 1 is 1.42 bits per heavy atom. The van der Waals surface area contributed by atoms with Crippen LogP contribution in [0.2, 0.25) is 0 Å². The molecule has 0 atom stereocenters. The third-order valence-electron chi connectivity index (χ3n) is 3.96.